The van der Waals surface area contributed by atoms with Gasteiger partial charge in [-0.05, 0) is 39.5 Å². The van der Waals surface area contributed by atoms with Crippen LogP contribution in [0.1, 0.15) is 39.5 Å². The zero-order chi connectivity index (χ0) is 12.3. The Bertz CT molecular complexity index is 250. The van der Waals surface area contributed by atoms with E-state index in [1.165, 1.54) is 4.42 Å². The highest BCUT2D eigenvalue weighted by Gasteiger charge is 2.35. The molecule has 0 spiro atoms. The van der Waals surface area contributed by atoms with Gasteiger partial charge in [-0.2, -0.15) is 0 Å². The molecule has 0 aromatic heterocycles. The number of aliphatic hydroxyl groups is 1. The van der Waals surface area contributed by atoms with Gasteiger partial charge in [0.05, 0.1) is 12.0 Å². The van der Waals surface area contributed by atoms with Crippen LogP contribution >= 0.6 is 11.8 Å². The van der Waals surface area contributed by atoms with Crippen molar-refractivity contribution >= 4 is 17.7 Å². The molecule has 0 radical (unpaired) electrons. The van der Waals surface area contributed by atoms with Gasteiger partial charge in [-0.25, -0.2) is 0 Å². The minimum atomic E-state index is -0.804. The van der Waals surface area contributed by atoms with Gasteiger partial charge in [-0.1, -0.05) is 0 Å². The number of hydrogen-bond acceptors (Lipinski definition) is 3. The van der Waals surface area contributed by atoms with E-state index in [9.17, 15) is 4.79 Å². The molecule has 1 aliphatic rings. The molecule has 1 rings (SSSR count). The molecule has 0 atom stereocenters. The Labute approximate surface area is 102 Å². The van der Waals surface area contributed by atoms with Crippen LogP contribution in [0.25, 0.3) is 0 Å². The number of amides is 1. The molecule has 0 aliphatic heterocycles. The molecule has 0 saturated heterocycles. The summed E-state index contributed by atoms with van der Waals surface area (Å²) in [6.45, 7) is 3.19. The zero-order valence-electron chi connectivity index (χ0n) is 9.95. The highest BCUT2D eigenvalue weighted by Crippen LogP contribution is 2.28. The van der Waals surface area contributed by atoms with Gasteiger partial charge >= 0.3 is 0 Å². The topological polar surface area (TPSA) is 66.6 Å². The van der Waals surface area contributed by atoms with Crippen molar-refractivity contribution in [2.45, 2.75) is 51.6 Å². The van der Waals surface area contributed by atoms with E-state index in [1.807, 2.05) is 0 Å². The van der Waals surface area contributed by atoms with E-state index in [0.29, 0.717) is 0 Å². The van der Waals surface area contributed by atoms with Crippen LogP contribution in [0.3, 0.4) is 0 Å². The highest BCUT2D eigenvalue weighted by molar-refractivity contribution is 6.22. The van der Waals surface area contributed by atoms with Gasteiger partial charge in [-0.3, -0.25) is 9.21 Å². The molecule has 3 N–H and O–H groups in total. The van der Waals surface area contributed by atoms with E-state index >= 15 is 0 Å². The maximum absolute atomic E-state index is 12.0. The van der Waals surface area contributed by atoms with Crippen LogP contribution in [0.4, 0.5) is 0 Å². The summed E-state index contributed by atoms with van der Waals surface area (Å²) in [7, 11) is 0. The third kappa shape index (κ3) is 3.09. The van der Waals surface area contributed by atoms with E-state index in [4.69, 9.17) is 22.6 Å². The largest absolute Gasteiger partial charge is 0.395 e. The molecule has 0 bridgehead atoms. The number of nitrogens with two attached hydrogens (primary N) is 1. The molecule has 16 heavy (non-hydrogen) atoms. The zero-order valence-corrected chi connectivity index (χ0v) is 10.7. The average molecular weight is 249 g/mol. The first-order valence-electron chi connectivity index (χ1n) is 5.74. The lowest BCUT2D eigenvalue weighted by Gasteiger charge is -2.34. The monoisotopic (exact) mass is 248 g/mol. The van der Waals surface area contributed by atoms with Crippen LogP contribution in [0.15, 0.2) is 0 Å². The summed E-state index contributed by atoms with van der Waals surface area (Å²) in [5.74, 6) is -0.211. The van der Waals surface area contributed by atoms with Gasteiger partial charge in [0.15, 0.2) is 0 Å². The third-order valence-corrected chi connectivity index (χ3v) is 3.66. The Kier molecular flexibility index (Phi) is 4.59. The number of carbonyl (C=O) groups excluding carboxylic acids is 1. The molecule has 1 aliphatic carbocycles. The lowest BCUT2D eigenvalue weighted by atomic mass is 9.89. The van der Waals surface area contributed by atoms with E-state index in [-0.39, 0.29) is 24.6 Å². The van der Waals surface area contributed by atoms with Crippen molar-refractivity contribution in [1.29, 1.82) is 0 Å². The molecule has 0 aromatic rings. The summed E-state index contributed by atoms with van der Waals surface area (Å²) in [4.78, 5) is 12.0. The quantitative estimate of drug-likeness (QED) is 0.739. The van der Waals surface area contributed by atoms with E-state index in [1.54, 1.807) is 13.8 Å². The summed E-state index contributed by atoms with van der Waals surface area (Å²) >= 11 is 6.05. The first-order valence-corrected chi connectivity index (χ1v) is 6.08. The summed E-state index contributed by atoms with van der Waals surface area (Å²) in [5, 5.41) is 9.13. The Morgan fingerprint density at radius 3 is 2.38 bits per heavy atom. The second-order valence-corrected chi connectivity index (χ2v) is 5.59. The van der Waals surface area contributed by atoms with Crippen LogP contribution in [0, 0.1) is 5.41 Å². The maximum Gasteiger partial charge on any atom is 0.245 e. The molecule has 94 valence electrons. The van der Waals surface area contributed by atoms with Crippen molar-refractivity contribution in [2.24, 2.45) is 11.1 Å². The number of hydrogen-bond donors (Lipinski definition) is 2. The van der Waals surface area contributed by atoms with Gasteiger partial charge in [-0.15, -0.1) is 0 Å². The molecule has 1 saturated carbocycles. The van der Waals surface area contributed by atoms with Crippen LogP contribution in [-0.4, -0.2) is 34.1 Å². The normalized spacial score (nSPS) is 26.6. The third-order valence-electron chi connectivity index (χ3n) is 3.23. The van der Waals surface area contributed by atoms with Crippen LogP contribution < -0.4 is 5.73 Å². The van der Waals surface area contributed by atoms with Crippen molar-refractivity contribution < 1.29 is 9.90 Å². The molecular weight excluding hydrogens is 228 g/mol. The molecule has 0 aromatic carbocycles. The summed E-state index contributed by atoms with van der Waals surface area (Å²) in [5.41, 5.74) is 4.99. The standard InChI is InChI=1S/C11H21ClN2O2/c1-11(2,7-15)10(16)14(12)9-5-3-8(13)4-6-9/h8-9,15H,3-7,13H2,1-2H3. The summed E-state index contributed by atoms with van der Waals surface area (Å²) < 4.78 is 1.27. The van der Waals surface area contributed by atoms with E-state index in [2.05, 4.69) is 0 Å². The number of nitrogens with zero attached hydrogens (tertiary/aromatic N) is 1. The summed E-state index contributed by atoms with van der Waals surface area (Å²) in [6.07, 6.45) is 3.50. The first kappa shape index (κ1) is 13.7. The van der Waals surface area contributed by atoms with Crippen LogP contribution in [-0.2, 0) is 4.79 Å². The SMILES string of the molecule is CC(C)(CO)C(=O)N(Cl)C1CCC(N)CC1. The second-order valence-electron chi connectivity index (χ2n) is 5.23. The van der Waals surface area contributed by atoms with Gasteiger partial charge in [0, 0.05) is 23.9 Å². The van der Waals surface area contributed by atoms with E-state index in [0.717, 1.165) is 25.7 Å². The van der Waals surface area contributed by atoms with Crippen LogP contribution in [0.2, 0.25) is 0 Å². The molecule has 4 nitrogen and oxygen atoms in total. The minimum Gasteiger partial charge on any atom is -0.395 e. The van der Waals surface area contributed by atoms with Gasteiger partial charge < -0.3 is 10.8 Å². The molecule has 5 heteroatoms. The predicted octanol–water partition coefficient (Wildman–Crippen LogP) is 1.26. The van der Waals surface area contributed by atoms with Crippen molar-refractivity contribution in [2.75, 3.05) is 6.61 Å². The Morgan fingerprint density at radius 1 is 1.44 bits per heavy atom. The minimum absolute atomic E-state index is 0.0554. The van der Waals surface area contributed by atoms with Gasteiger partial charge in [0.2, 0.25) is 5.91 Å². The fourth-order valence-corrected chi connectivity index (χ4v) is 2.27. The van der Waals surface area contributed by atoms with Crippen LogP contribution in [0.5, 0.6) is 0 Å². The smallest absolute Gasteiger partial charge is 0.245 e. The number of carbonyl (C=O) groups is 1. The van der Waals surface area contributed by atoms with Gasteiger partial charge in [0.25, 0.3) is 0 Å². The lowest BCUT2D eigenvalue weighted by Crippen LogP contribution is -2.45. The van der Waals surface area contributed by atoms with Crippen molar-refractivity contribution in [3.05, 3.63) is 0 Å². The number of rotatable bonds is 3. The highest BCUT2D eigenvalue weighted by atomic mass is 35.5. The Morgan fingerprint density at radius 2 is 1.94 bits per heavy atom. The molecule has 0 unspecified atom stereocenters. The molecule has 0 heterocycles. The van der Waals surface area contributed by atoms with E-state index < -0.39 is 5.41 Å². The molecule has 1 fully saturated rings. The van der Waals surface area contributed by atoms with Crippen molar-refractivity contribution in [3.63, 3.8) is 0 Å². The van der Waals surface area contributed by atoms with Crippen molar-refractivity contribution in [1.82, 2.24) is 4.42 Å². The maximum atomic E-state index is 12.0. The first-order chi connectivity index (χ1) is 7.38. The Balaban J connectivity index is 2.57. The second kappa shape index (κ2) is 5.34. The number of aliphatic hydroxyl groups excluding tert-OH is 1. The number of halogens is 1. The van der Waals surface area contributed by atoms with Gasteiger partial charge in [0.1, 0.15) is 0 Å². The average Bonchev–Trinajstić information content (AvgIpc) is 2.28. The predicted molar refractivity (Wildman–Crippen MR) is 63.8 cm³/mol. The fraction of sp³-hybridized carbons (Fsp3) is 0.909. The fourth-order valence-electron chi connectivity index (χ4n) is 1.85. The Hall–Kier alpha value is -0.320. The molecular formula is C11H21ClN2O2. The summed E-state index contributed by atoms with van der Waals surface area (Å²) in [6, 6.07) is 0.294. The lowest BCUT2D eigenvalue weighted by molar-refractivity contribution is -0.139. The van der Waals surface area contributed by atoms with Crippen molar-refractivity contribution in [3.8, 4) is 0 Å². The molecule has 1 amide bonds.